The zero-order chi connectivity index (χ0) is 21.6. The van der Waals surface area contributed by atoms with Crippen LogP contribution in [0.5, 0.6) is 11.5 Å². The third-order valence-corrected chi connectivity index (χ3v) is 6.51. The Balaban J connectivity index is 1.69. The molecular weight excluding hydrogens is 381 g/mol. The van der Waals surface area contributed by atoms with Crippen molar-refractivity contribution in [1.29, 1.82) is 0 Å². The normalized spacial score (nSPS) is 23.9. The summed E-state index contributed by atoms with van der Waals surface area (Å²) in [6.45, 7) is 6.72. The Morgan fingerprint density at radius 2 is 1.80 bits per heavy atom. The monoisotopic (exact) mass is 415 g/mol. The summed E-state index contributed by atoms with van der Waals surface area (Å²) in [5, 5.41) is 3.58. The van der Waals surface area contributed by atoms with E-state index in [1.807, 2.05) is 30.3 Å². The van der Waals surface area contributed by atoms with Gasteiger partial charge in [0.1, 0.15) is 5.82 Å². The summed E-state index contributed by atoms with van der Waals surface area (Å²) in [7, 11) is 3.29. The lowest BCUT2D eigenvalue weighted by atomic mass is 9.66. The van der Waals surface area contributed by atoms with E-state index < -0.39 is 0 Å². The number of hydrogen-bond donors (Lipinski definition) is 1. The van der Waals surface area contributed by atoms with E-state index in [0.29, 0.717) is 0 Å². The van der Waals surface area contributed by atoms with Crippen LogP contribution in [0.1, 0.15) is 50.7 Å². The lowest BCUT2D eigenvalue weighted by Crippen LogP contribution is -2.46. The molecule has 0 bridgehead atoms. The van der Waals surface area contributed by atoms with E-state index in [2.05, 4.69) is 19.2 Å². The van der Waals surface area contributed by atoms with E-state index in [1.165, 1.54) is 5.56 Å². The molecule has 0 spiro atoms. The number of methoxy groups -OCH3 is 2. The highest BCUT2D eigenvalue weighted by molar-refractivity contribution is 5.42. The molecule has 164 valence electrons. The Bertz CT molecular complexity index is 826. The number of rotatable bonds is 9. The van der Waals surface area contributed by atoms with Crippen LogP contribution < -0.4 is 14.8 Å². The second-order valence-electron chi connectivity index (χ2n) is 8.48. The van der Waals surface area contributed by atoms with Gasteiger partial charge in [0, 0.05) is 18.6 Å². The molecule has 3 rings (SSSR count). The number of hydrogen-bond acceptors (Lipinski definition) is 4. The standard InChI is InChI=1S/C25H34FNO3/c1-5-24(2)18-25(13-15-30-24,20-7-9-21(26)10-8-20)12-14-27-17-19-6-11-22(28-3)23(16-19)29-4/h6-11,16,27H,5,12-15,17-18H2,1-4H3/t24?,25-/m1/s1. The first-order valence-corrected chi connectivity index (χ1v) is 10.8. The van der Waals surface area contributed by atoms with E-state index in [0.717, 1.165) is 62.4 Å². The van der Waals surface area contributed by atoms with Crippen molar-refractivity contribution in [2.45, 2.75) is 57.1 Å². The molecular formula is C25H34FNO3. The molecule has 0 aromatic heterocycles. The van der Waals surface area contributed by atoms with E-state index in [-0.39, 0.29) is 16.8 Å². The minimum absolute atomic E-state index is 0.0126. The molecule has 1 fully saturated rings. The van der Waals surface area contributed by atoms with Crippen LogP contribution in [-0.2, 0) is 16.7 Å². The van der Waals surface area contributed by atoms with Gasteiger partial charge < -0.3 is 19.5 Å². The molecule has 0 radical (unpaired) electrons. The quantitative estimate of drug-likeness (QED) is 0.569. The van der Waals surface area contributed by atoms with Gasteiger partial charge in [-0.25, -0.2) is 4.39 Å². The van der Waals surface area contributed by atoms with Crippen molar-refractivity contribution in [2.24, 2.45) is 0 Å². The van der Waals surface area contributed by atoms with Gasteiger partial charge in [-0.2, -0.15) is 0 Å². The molecule has 1 unspecified atom stereocenters. The molecule has 0 amide bonds. The van der Waals surface area contributed by atoms with Crippen LogP contribution in [0.2, 0.25) is 0 Å². The Labute approximate surface area is 179 Å². The molecule has 5 heteroatoms. The lowest BCUT2D eigenvalue weighted by Gasteiger charge is -2.47. The smallest absolute Gasteiger partial charge is 0.161 e. The SMILES string of the molecule is CCC1(C)C[C@](CCNCc2ccc(OC)c(OC)c2)(c2ccc(F)cc2)CCO1. The molecule has 0 saturated carbocycles. The van der Waals surface area contributed by atoms with Gasteiger partial charge in [-0.3, -0.25) is 0 Å². The molecule has 1 saturated heterocycles. The summed E-state index contributed by atoms with van der Waals surface area (Å²) in [5.74, 6) is 1.28. The number of ether oxygens (including phenoxy) is 3. The lowest BCUT2D eigenvalue weighted by molar-refractivity contribution is -0.0979. The summed E-state index contributed by atoms with van der Waals surface area (Å²) < 4.78 is 30.4. The van der Waals surface area contributed by atoms with Crippen molar-refractivity contribution in [3.63, 3.8) is 0 Å². The Kier molecular flexibility index (Phi) is 7.37. The summed E-state index contributed by atoms with van der Waals surface area (Å²) in [6, 6.07) is 13.0. The van der Waals surface area contributed by atoms with Gasteiger partial charge in [0.2, 0.25) is 0 Å². The molecule has 0 aliphatic carbocycles. The number of nitrogens with one attached hydrogen (secondary N) is 1. The molecule has 2 aromatic carbocycles. The van der Waals surface area contributed by atoms with Gasteiger partial charge in [-0.05, 0) is 74.5 Å². The molecule has 2 atom stereocenters. The van der Waals surface area contributed by atoms with Crippen LogP contribution >= 0.6 is 0 Å². The maximum absolute atomic E-state index is 13.6. The number of halogens is 1. The fourth-order valence-electron chi connectivity index (χ4n) is 4.53. The Hall–Kier alpha value is -2.11. The zero-order valence-electron chi connectivity index (χ0n) is 18.6. The van der Waals surface area contributed by atoms with Gasteiger partial charge >= 0.3 is 0 Å². The van der Waals surface area contributed by atoms with E-state index in [9.17, 15) is 4.39 Å². The minimum atomic E-state index is -0.189. The molecule has 1 heterocycles. The van der Waals surface area contributed by atoms with Gasteiger partial charge in [-0.15, -0.1) is 0 Å². The Morgan fingerprint density at radius 3 is 2.47 bits per heavy atom. The van der Waals surface area contributed by atoms with Crippen molar-refractivity contribution in [3.05, 3.63) is 59.4 Å². The van der Waals surface area contributed by atoms with Crippen LogP contribution in [0.25, 0.3) is 0 Å². The van der Waals surface area contributed by atoms with E-state index in [4.69, 9.17) is 14.2 Å². The molecule has 1 aliphatic rings. The minimum Gasteiger partial charge on any atom is -0.493 e. The average molecular weight is 416 g/mol. The Morgan fingerprint density at radius 1 is 1.07 bits per heavy atom. The van der Waals surface area contributed by atoms with Crippen LogP contribution in [0, 0.1) is 5.82 Å². The van der Waals surface area contributed by atoms with Gasteiger partial charge in [0.25, 0.3) is 0 Å². The highest BCUT2D eigenvalue weighted by Gasteiger charge is 2.43. The second-order valence-corrected chi connectivity index (χ2v) is 8.48. The first kappa shape index (κ1) is 22.6. The fraction of sp³-hybridized carbons (Fsp3) is 0.520. The van der Waals surface area contributed by atoms with E-state index >= 15 is 0 Å². The fourth-order valence-corrected chi connectivity index (χ4v) is 4.53. The summed E-state index contributed by atoms with van der Waals surface area (Å²) >= 11 is 0. The second kappa shape index (κ2) is 9.80. The van der Waals surface area contributed by atoms with Gasteiger partial charge in [0.05, 0.1) is 19.8 Å². The number of benzene rings is 2. The highest BCUT2D eigenvalue weighted by Crippen LogP contribution is 2.45. The van der Waals surface area contributed by atoms with Crippen LogP contribution in [0.3, 0.4) is 0 Å². The van der Waals surface area contributed by atoms with Crippen molar-refractivity contribution in [2.75, 3.05) is 27.4 Å². The largest absolute Gasteiger partial charge is 0.493 e. The third kappa shape index (κ3) is 5.13. The summed E-state index contributed by atoms with van der Waals surface area (Å²) in [4.78, 5) is 0. The first-order chi connectivity index (χ1) is 14.4. The van der Waals surface area contributed by atoms with E-state index in [1.54, 1.807) is 26.4 Å². The van der Waals surface area contributed by atoms with Crippen molar-refractivity contribution in [1.82, 2.24) is 5.32 Å². The van der Waals surface area contributed by atoms with Crippen LogP contribution in [0.4, 0.5) is 4.39 Å². The topological polar surface area (TPSA) is 39.7 Å². The molecule has 30 heavy (non-hydrogen) atoms. The predicted molar refractivity (Wildman–Crippen MR) is 118 cm³/mol. The van der Waals surface area contributed by atoms with Crippen LogP contribution in [-0.4, -0.2) is 33.0 Å². The summed E-state index contributed by atoms with van der Waals surface area (Å²) in [6.07, 6.45) is 3.84. The van der Waals surface area contributed by atoms with Gasteiger partial charge in [-0.1, -0.05) is 25.1 Å². The highest BCUT2D eigenvalue weighted by atomic mass is 19.1. The van der Waals surface area contributed by atoms with Crippen molar-refractivity contribution in [3.8, 4) is 11.5 Å². The maximum atomic E-state index is 13.6. The molecule has 4 nitrogen and oxygen atoms in total. The molecule has 1 aliphatic heterocycles. The van der Waals surface area contributed by atoms with Crippen molar-refractivity contribution >= 4 is 0 Å². The van der Waals surface area contributed by atoms with Crippen molar-refractivity contribution < 1.29 is 18.6 Å². The average Bonchev–Trinajstić information content (AvgIpc) is 2.77. The molecule has 1 N–H and O–H groups in total. The third-order valence-electron chi connectivity index (χ3n) is 6.51. The summed E-state index contributed by atoms with van der Waals surface area (Å²) in [5.41, 5.74) is 2.20. The van der Waals surface area contributed by atoms with Gasteiger partial charge in [0.15, 0.2) is 11.5 Å². The predicted octanol–water partition coefficient (Wildman–Crippen LogP) is 5.24. The first-order valence-electron chi connectivity index (χ1n) is 10.8. The zero-order valence-corrected chi connectivity index (χ0v) is 18.6. The van der Waals surface area contributed by atoms with Crippen LogP contribution in [0.15, 0.2) is 42.5 Å². The maximum Gasteiger partial charge on any atom is 0.161 e. The molecule has 2 aromatic rings.